The molecule has 0 aliphatic heterocycles. The average molecular weight is 230 g/mol. The Bertz CT molecular complexity index is 506. The molecule has 3 nitrogen and oxygen atoms in total. The van der Waals surface area contributed by atoms with Gasteiger partial charge in [-0.15, -0.1) is 0 Å². The molecule has 90 valence electrons. The van der Waals surface area contributed by atoms with Crippen LogP contribution in [-0.2, 0) is 0 Å². The molecule has 1 aromatic carbocycles. The topological polar surface area (TPSA) is 51.2 Å². The fourth-order valence-electron chi connectivity index (χ4n) is 2.63. The first kappa shape index (κ1) is 10.7. The highest BCUT2D eigenvalue weighted by molar-refractivity contribution is 5.90. The van der Waals surface area contributed by atoms with Gasteiger partial charge in [0.1, 0.15) is 11.8 Å². The Kier molecular flexibility index (Phi) is 2.77. The number of hydrogen-bond donors (Lipinski definition) is 2. The number of benzene rings is 1. The number of nitrogens with two attached hydrogens (primary N) is 1. The van der Waals surface area contributed by atoms with Gasteiger partial charge in [0.25, 0.3) is 0 Å². The minimum absolute atomic E-state index is 0.261. The summed E-state index contributed by atoms with van der Waals surface area (Å²) in [4.78, 5) is 0. The molecule has 2 aromatic rings. The van der Waals surface area contributed by atoms with Crippen LogP contribution in [0.15, 0.2) is 34.9 Å². The summed E-state index contributed by atoms with van der Waals surface area (Å²) in [6, 6.07) is 8.73. The van der Waals surface area contributed by atoms with Crippen LogP contribution in [0.4, 0.5) is 5.69 Å². The van der Waals surface area contributed by atoms with Gasteiger partial charge < -0.3 is 15.5 Å². The maximum absolute atomic E-state index is 6.15. The van der Waals surface area contributed by atoms with Crippen LogP contribution in [-0.4, -0.2) is 12.1 Å². The molecule has 3 N–H and O–H groups in total. The summed E-state index contributed by atoms with van der Waals surface area (Å²) >= 11 is 0. The molecule has 17 heavy (non-hydrogen) atoms. The van der Waals surface area contributed by atoms with E-state index in [0.29, 0.717) is 6.04 Å². The van der Waals surface area contributed by atoms with Crippen molar-refractivity contribution in [2.45, 2.75) is 37.8 Å². The van der Waals surface area contributed by atoms with Gasteiger partial charge >= 0.3 is 0 Å². The van der Waals surface area contributed by atoms with Gasteiger partial charge in [0.15, 0.2) is 0 Å². The first-order valence-corrected chi connectivity index (χ1v) is 6.33. The number of hydrogen-bond acceptors (Lipinski definition) is 3. The van der Waals surface area contributed by atoms with Gasteiger partial charge in [-0.3, -0.25) is 0 Å². The third kappa shape index (κ3) is 2.03. The Labute approximate surface area is 101 Å². The lowest BCUT2D eigenvalue weighted by Gasteiger charge is -2.29. The van der Waals surface area contributed by atoms with Gasteiger partial charge in [-0.1, -0.05) is 25.0 Å². The van der Waals surface area contributed by atoms with Crippen LogP contribution in [0.25, 0.3) is 11.0 Å². The van der Waals surface area contributed by atoms with Crippen molar-refractivity contribution in [1.82, 2.24) is 0 Å². The van der Waals surface area contributed by atoms with Gasteiger partial charge in [-0.2, -0.15) is 0 Å². The predicted octanol–water partition coefficient (Wildman–Crippen LogP) is 3.11. The number of nitrogens with one attached hydrogen (secondary N) is 1. The minimum Gasteiger partial charge on any atom is -0.462 e. The Balaban J connectivity index is 1.84. The lowest BCUT2D eigenvalue weighted by molar-refractivity contribution is 0.404. The van der Waals surface area contributed by atoms with Crippen LogP contribution in [0.2, 0.25) is 0 Å². The van der Waals surface area contributed by atoms with Gasteiger partial charge in [-0.25, -0.2) is 0 Å². The second-order valence-electron chi connectivity index (χ2n) is 4.84. The van der Waals surface area contributed by atoms with E-state index in [0.717, 1.165) is 29.5 Å². The second kappa shape index (κ2) is 4.41. The maximum atomic E-state index is 6.15. The van der Waals surface area contributed by atoms with Crippen molar-refractivity contribution in [2.24, 2.45) is 5.73 Å². The Morgan fingerprint density at radius 1 is 1.18 bits per heavy atom. The van der Waals surface area contributed by atoms with Crippen LogP contribution < -0.4 is 11.1 Å². The molecule has 0 radical (unpaired) electrons. The fraction of sp³-hybridized carbons (Fsp3) is 0.429. The van der Waals surface area contributed by atoms with Crippen LogP contribution in [0, 0.1) is 0 Å². The van der Waals surface area contributed by atoms with Crippen molar-refractivity contribution in [2.75, 3.05) is 5.32 Å². The molecular formula is C14H18N2O. The molecular weight excluding hydrogens is 212 g/mol. The minimum atomic E-state index is 0.261. The molecule has 3 heteroatoms. The molecule has 0 bridgehead atoms. The number of furan rings is 1. The zero-order valence-electron chi connectivity index (χ0n) is 9.86. The quantitative estimate of drug-likeness (QED) is 0.833. The van der Waals surface area contributed by atoms with Crippen LogP contribution in [0.1, 0.15) is 25.7 Å². The van der Waals surface area contributed by atoms with Crippen LogP contribution >= 0.6 is 0 Å². The zero-order chi connectivity index (χ0) is 11.7. The molecule has 0 spiro atoms. The highest BCUT2D eigenvalue weighted by Crippen LogP contribution is 2.28. The lowest BCUT2D eigenvalue weighted by atomic mass is 9.91. The number of fused-ring (bicyclic) bond motifs is 1. The highest BCUT2D eigenvalue weighted by atomic mass is 16.3. The number of anilines is 1. The molecule has 1 heterocycles. The SMILES string of the molecule is NC1CCCCC1Nc1coc2ccccc12. The average Bonchev–Trinajstić information content (AvgIpc) is 2.76. The Hall–Kier alpha value is -1.48. The van der Waals surface area contributed by atoms with E-state index < -0.39 is 0 Å². The monoisotopic (exact) mass is 230 g/mol. The summed E-state index contributed by atoms with van der Waals surface area (Å²) in [6.45, 7) is 0. The van der Waals surface area contributed by atoms with Crippen molar-refractivity contribution < 1.29 is 4.42 Å². The molecule has 0 saturated heterocycles. The third-order valence-electron chi connectivity index (χ3n) is 3.64. The molecule has 0 amide bonds. The van der Waals surface area contributed by atoms with E-state index in [-0.39, 0.29) is 6.04 Å². The smallest absolute Gasteiger partial charge is 0.136 e. The van der Waals surface area contributed by atoms with Crippen molar-refractivity contribution in [3.05, 3.63) is 30.5 Å². The number of rotatable bonds is 2. The van der Waals surface area contributed by atoms with Crippen molar-refractivity contribution in [3.8, 4) is 0 Å². The predicted molar refractivity (Wildman–Crippen MR) is 70.1 cm³/mol. The first-order chi connectivity index (χ1) is 8.34. The summed E-state index contributed by atoms with van der Waals surface area (Å²) < 4.78 is 5.52. The van der Waals surface area contributed by atoms with E-state index in [1.807, 2.05) is 18.2 Å². The molecule has 2 atom stereocenters. The summed E-state index contributed by atoms with van der Waals surface area (Å²) in [7, 11) is 0. The van der Waals surface area contributed by atoms with Crippen LogP contribution in [0.5, 0.6) is 0 Å². The van der Waals surface area contributed by atoms with Crippen molar-refractivity contribution >= 4 is 16.7 Å². The largest absolute Gasteiger partial charge is 0.462 e. The lowest BCUT2D eigenvalue weighted by Crippen LogP contribution is -2.42. The Morgan fingerprint density at radius 3 is 2.88 bits per heavy atom. The molecule has 3 rings (SSSR count). The van der Waals surface area contributed by atoms with Crippen LogP contribution in [0.3, 0.4) is 0 Å². The molecule has 1 aliphatic carbocycles. The first-order valence-electron chi connectivity index (χ1n) is 6.33. The third-order valence-corrected chi connectivity index (χ3v) is 3.64. The fourth-order valence-corrected chi connectivity index (χ4v) is 2.63. The van der Waals surface area contributed by atoms with E-state index >= 15 is 0 Å². The zero-order valence-corrected chi connectivity index (χ0v) is 9.86. The summed E-state index contributed by atoms with van der Waals surface area (Å²) in [5.41, 5.74) is 8.15. The van der Waals surface area contributed by atoms with Gasteiger partial charge in [-0.05, 0) is 25.0 Å². The number of para-hydroxylation sites is 1. The van der Waals surface area contributed by atoms with Gasteiger partial charge in [0.05, 0.1) is 5.69 Å². The molecule has 1 aromatic heterocycles. The second-order valence-corrected chi connectivity index (χ2v) is 4.84. The molecule has 1 aliphatic rings. The maximum Gasteiger partial charge on any atom is 0.136 e. The van der Waals surface area contributed by atoms with E-state index in [4.69, 9.17) is 10.2 Å². The van der Waals surface area contributed by atoms with Crippen molar-refractivity contribution in [1.29, 1.82) is 0 Å². The van der Waals surface area contributed by atoms with E-state index in [1.165, 1.54) is 12.8 Å². The molecule has 1 saturated carbocycles. The normalized spacial score (nSPS) is 25.0. The van der Waals surface area contributed by atoms with E-state index in [1.54, 1.807) is 6.26 Å². The van der Waals surface area contributed by atoms with Gasteiger partial charge in [0.2, 0.25) is 0 Å². The summed E-state index contributed by atoms with van der Waals surface area (Å²) in [5, 5.41) is 4.68. The summed E-state index contributed by atoms with van der Waals surface area (Å²) in [5.74, 6) is 0. The van der Waals surface area contributed by atoms with E-state index in [2.05, 4.69) is 11.4 Å². The van der Waals surface area contributed by atoms with Gasteiger partial charge in [0, 0.05) is 17.5 Å². The van der Waals surface area contributed by atoms with E-state index in [9.17, 15) is 0 Å². The molecule has 2 unspecified atom stereocenters. The Morgan fingerprint density at radius 2 is 2.00 bits per heavy atom. The summed E-state index contributed by atoms with van der Waals surface area (Å²) in [6.07, 6.45) is 6.59. The highest BCUT2D eigenvalue weighted by Gasteiger charge is 2.22. The standard InChI is InChI=1S/C14H18N2O/c15-11-6-2-3-7-12(11)16-13-9-17-14-8-4-1-5-10(13)14/h1,4-5,8-9,11-12,16H,2-3,6-7,15H2. The van der Waals surface area contributed by atoms with Crippen molar-refractivity contribution in [3.63, 3.8) is 0 Å². The molecule has 1 fully saturated rings.